The van der Waals surface area contributed by atoms with Crippen LogP contribution >= 0.6 is 0 Å². The molecule has 96 valence electrons. The van der Waals surface area contributed by atoms with Gasteiger partial charge in [0.05, 0.1) is 18.1 Å². The summed E-state index contributed by atoms with van der Waals surface area (Å²) in [7, 11) is 1.64. The van der Waals surface area contributed by atoms with E-state index in [4.69, 9.17) is 16.2 Å². The Morgan fingerprint density at radius 2 is 1.79 bits per heavy atom. The third-order valence-corrected chi connectivity index (χ3v) is 2.94. The smallest absolute Gasteiger partial charge is 0.138 e. The monoisotopic (exact) mass is 254 g/mol. The minimum Gasteiger partial charge on any atom is -0.497 e. The number of aromatic nitrogens is 2. The lowest BCUT2D eigenvalue weighted by molar-refractivity contribution is 0.415. The van der Waals surface area contributed by atoms with Crippen molar-refractivity contribution < 1.29 is 4.74 Å². The summed E-state index contributed by atoms with van der Waals surface area (Å²) in [6.45, 7) is 0. The van der Waals surface area contributed by atoms with Crippen LogP contribution in [-0.2, 0) is 0 Å². The number of benzene rings is 2. The molecule has 5 N–H and O–H groups in total. The van der Waals surface area contributed by atoms with E-state index in [1.54, 1.807) is 13.2 Å². The van der Waals surface area contributed by atoms with Gasteiger partial charge in [0, 0.05) is 23.0 Å². The van der Waals surface area contributed by atoms with Gasteiger partial charge in [0.15, 0.2) is 0 Å². The van der Waals surface area contributed by atoms with Crippen LogP contribution in [0.5, 0.6) is 5.75 Å². The number of nitrogens with zero attached hydrogens (tertiary/aromatic N) is 1. The summed E-state index contributed by atoms with van der Waals surface area (Å²) in [5.41, 5.74) is 15.5. The van der Waals surface area contributed by atoms with Crippen molar-refractivity contribution in [3.63, 3.8) is 0 Å². The Kier molecular flexibility index (Phi) is 2.52. The van der Waals surface area contributed by atoms with Crippen LogP contribution < -0.4 is 16.2 Å². The second kappa shape index (κ2) is 4.20. The molecule has 1 heterocycles. The van der Waals surface area contributed by atoms with E-state index >= 15 is 0 Å². The number of nitrogens with one attached hydrogen (secondary N) is 1. The molecule has 0 saturated heterocycles. The number of ether oxygens (including phenoxy) is 1. The van der Waals surface area contributed by atoms with Crippen LogP contribution in [0.25, 0.3) is 22.4 Å². The largest absolute Gasteiger partial charge is 0.497 e. The number of hydrogen-bond acceptors (Lipinski definition) is 4. The van der Waals surface area contributed by atoms with Crippen molar-refractivity contribution in [1.82, 2.24) is 9.97 Å². The number of rotatable bonds is 2. The van der Waals surface area contributed by atoms with Gasteiger partial charge in [-0.2, -0.15) is 0 Å². The maximum absolute atomic E-state index is 5.79. The van der Waals surface area contributed by atoms with Gasteiger partial charge in [0.2, 0.25) is 0 Å². The Morgan fingerprint density at radius 3 is 2.47 bits per heavy atom. The Morgan fingerprint density at radius 1 is 1.05 bits per heavy atom. The van der Waals surface area contributed by atoms with Crippen molar-refractivity contribution in [2.45, 2.75) is 0 Å². The molecule has 1 aromatic heterocycles. The summed E-state index contributed by atoms with van der Waals surface area (Å²) in [5.74, 6) is 1.53. The van der Waals surface area contributed by atoms with E-state index in [0.717, 1.165) is 28.2 Å². The summed E-state index contributed by atoms with van der Waals surface area (Å²) in [6.07, 6.45) is 0. The predicted molar refractivity (Wildman–Crippen MR) is 76.9 cm³/mol. The number of methoxy groups -OCH3 is 1. The Labute approximate surface area is 110 Å². The molecule has 19 heavy (non-hydrogen) atoms. The van der Waals surface area contributed by atoms with Gasteiger partial charge in [-0.3, -0.25) is 0 Å². The van der Waals surface area contributed by atoms with E-state index in [1.807, 2.05) is 30.3 Å². The van der Waals surface area contributed by atoms with Gasteiger partial charge in [-0.05, 0) is 30.3 Å². The van der Waals surface area contributed by atoms with E-state index < -0.39 is 0 Å². The Balaban J connectivity index is 2.14. The normalized spacial score (nSPS) is 10.8. The first-order chi connectivity index (χ1) is 9.15. The topological polar surface area (TPSA) is 89.9 Å². The lowest BCUT2D eigenvalue weighted by atomic mass is 10.1. The quantitative estimate of drug-likeness (QED) is 0.612. The zero-order chi connectivity index (χ0) is 13.4. The Bertz CT molecular complexity index is 728. The standard InChI is InChI=1S/C14H14N4O/c1-19-11-2-3-12-13(7-11)18-14(17-12)8-4-9(15)6-10(16)5-8/h2-7H,15-16H2,1H3,(H,17,18). The average molecular weight is 254 g/mol. The molecule has 0 spiro atoms. The van der Waals surface area contributed by atoms with Crippen LogP contribution in [0.2, 0.25) is 0 Å². The lowest BCUT2D eigenvalue weighted by Gasteiger charge is -2.01. The summed E-state index contributed by atoms with van der Waals surface area (Å²) < 4.78 is 5.19. The van der Waals surface area contributed by atoms with E-state index in [-0.39, 0.29) is 0 Å². The van der Waals surface area contributed by atoms with Crippen molar-refractivity contribution in [3.8, 4) is 17.1 Å². The van der Waals surface area contributed by atoms with E-state index in [2.05, 4.69) is 9.97 Å². The molecule has 0 aliphatic carbocycles. The van der Waals surface area contributed by atoms with Crippen LogP contribution in [0.15, 0.2) is 36.4 Å². The number of H-pyrrole nitrogens is 1. The first-order valence-corrected chi connectivity index (χ1v) is 5.86. The maximum atomic E-state index is 5.79. The van der Waals surface area contributed by atoms with E-state index in [0.29, 0.717) is 11.4 Å². The van der Waals surface area contributed by atoms with Crippen molar-refractivity contribution in [3.05, 3.63) is 36.4 Å². The molecular formula is C14H14N4O. The molecule has 2 aromatic carbocycles. The molecule has 0 fully saturated rings. The minimum absolute atomic E-state index is 0.619. The van der Waals surface area contributed by atoms with Crippen LogP contribution in [0, 0.1) is 0 Å². The highest BCUT2D eigenvalue weighted by Crippen LogP contribution is 2.26. The first-order valence-electron chi connectivity index (χ1n) is 5.86. The number of anilines is 2. The molecule has 0 aliphatic heterocycles. The van der Waals surface area contributed by atoms with Crippen molar-refractivity contribution in [2.75, 3.05) is 18.6 Å². The number of aromatic amines is 1. The molecule has 5 heteroatoms. The summed E-state index contributed by atoms with van der Waals surface area (Å²) >= 11 is 0. The molecule has 0 bridgehead atoms. The molecule has 5 nitrogen and oxygen atoms in total. The fraction of sp³-hybridized carbons (Fsp3) is 0.0714. The van der Waals surface area contributed by atoms with Crippen LogP contribution in [-0.4, -0.2) is 17.1 Å². The number of nitrogen functional groups attached to an aromatic ring is 2. The third kappa shape index (κ3) is 2.06. The average Bonchev–Trinajstić information content (AvgIpc) is 2.80. The van der Waals surface area contributed by atoms with Crippen LogP contribution in [0.3, 0.4) is 0 Å². The molecule has 0 aliphatic rings. The molecule has 0 saturated carbocycles. The number of fused-ring (bicyclic) bond motifs is 1. The van der Waals surface area contributed by atoms with Gasteiger partial charge in [-0.1, -0.05) is 0 Å². The van der Waals surface area contributed by atoms with Gasteiger partial charge >= 0.3 is 0 Å². The molecule has 0 radical (unpaired) electrons. The van der Waals surface area contributed by atoms with E-state index in [9.17, 15) is 0 Å². The molecule has 0 atom stereocenters. The molecule has 0 amide bonds. The maximum Gasteiger partial charge on any atom is 0.138 e. The number of nitrogens with two attached hydrogens (primary N) is 2. The SMILES string of the molecule is COc1ccc2nc(-c3cc(N)cc(N)c3)[nH]c2c1. The van der Waals surface area contributed by atoms with Gasteiger partial charge in [-0.25, -0.2) is 4.98 Å². The second-order valence-corrected chi connectivity index (χ2v) is 4.36. The fourth-order valence-corrected chi connectivity index (χ4v) is 2.07. The third-order valence-electron chi connectivity index (χ3n) is 2.94. The highest BCUT2D eigenvalue weighted by atomic mass is 16.5. The summed E-state index contributed by atoms with van der Waals surface area (Å²) in [6, 6.07) is 11.1. The molecule has 0 unspecified atom stereocenters. The molecular weight excluding hydrogens is 240 g/mol. The van der Waals surface area contributed by atoms with E-state index in [1.165, 1.54) is 0 Å². The highest BCUT2D eigenvalue weighted by Gasteiger charge is 2.07. The second-order valence-electron chi connectivity index (χ2n) is 4.36. The van der Waals surface area contributed by atoms with Gasteiger partial charge in [0.25, 0.3) is 0 Å². The van der Waals surface area contributed by atoms with Gasteiger partial charge in [-0.15, -0.1) is 0 Å². The van der Waals surface area contributed by atoms with Crippen LogP contribution in [0.4, 0.5) is 11.4 Å². The minimum atomic E-state index is 0.619. The number of imidazole rings is 1. The first kappa shape index (κ1) is 11.4. The highest BCUT2D eigenvalue weighted by molar-refractivity contribution is 5.81. The fourth-order valence-electron chi connectivity index (χ4n) is 2.07. The van der Waals surface area contributed by atoms with Gasteiger partial charge in [0.1, 0.15) is 11.6 Å². The number of hydrogen-bond donors (Lipinski definition) is 3. The van der Waals surface area contributed by atoms with Crippen molar-refractivity contribution in [2.24, 2.45) is 0 Å². The Hall–Kier alpha value is -2.69. The predicted octanol–water partition coefficient (Wildman–Crippen LogP) is 2.40. The summed E-state index contributed by atoms with van der Waals surface area (Å²) in [5, 5.41) is 0. The zero-order valence-electron chi connectivity index (χ0n) is 10.5. The van der Waals surface area contributed by atoms with Crippen molar-refractivity contribution >= 4 is 22.4 Å². The molecule has 3 aromatic rings. The van der Waals surface area contributed by atoms with Crippen LogP contribution in [0.1, 0.15) is 0 Å². The molecule has 3 rings (SSSR count). The zero-order valence-corrected chi connectivity index (χ0v) is 10.5. The van der Waals surface area contributed by atoms with Crippen molar-refractivity contribution in [1.29, 1.82) is 0 Å². The lowest BCUT2D eigenvalue weighted by Crippen LogP contribution is -1.92. The van der Waals surface area contributed by atoms with Gasteiger partial charge < -0.3 is 21.2 Å². The summed E-state index contributed by atoms with van der Waals surface area (Å²) in [4.78, 5) is 7.76.